The van der Waals surface area contributed by atoms with Crippen LogP contribution in [0, 0.1) is 0 Å². The third kappa shape index (κ3) is 3.99. The second-order valence-electron chi connectivity index (χ2n) is 9.72. The van der Waals surface area contributed by atoms with Crippen LogP contribution in [0.15, 0.2) is 72.8 Å². The lowest BCUT2D eigenvalue weighted by molar-refractivity contribution is 0.0187. The fourth-order valence-electron chi connectivity index (χ4n) is 5.43. The van der Waals surface area contributed by atoms with Crippen molar-refractivity contribution < 1.29 is 40.1 Å². The first-order valence-corrected chi connectivity index (χ1v) is 12.3. The van der Waals surface area contributed by atoms with Crippen LogP contribution in [0.25, 0.3) is 0 Å². The number of rotatable bonds is 3. The van der Waals surface area contributed by atoms with E-state index in [1.807, 2.05) is 24.3 Å². The molecule has 0 aromatic heterocycles. The molecular formula is C30H26O8. The van der Waals surface area contributed by atoms with E-state index >= 15 is 0 Å². The van der Waals surface area contributed by atoms with Gasteiger partial charge in [0.2, 0.25) is 0 Å². The molecule has 0 saturated heterocycles. The fraction of sp³-hybridized carbons (Fsp3) is 0.200. The number of para-hydroxylation sites is 1. The number of aliphatic hydroxyl groups excluding tert-OH is 1. The van der Waals surface area contributed by atoms with Gasteiger partial charge < -0.3 is 40.1 Å². The molecule has 38 heavy (non-hydrogen) atoms. The standard InChI is InChI=1S/C30H26O8/c31-21-10-7-18(30-20(21)13-26(36)29(38-30)16-6-9-23(33)25(35)12-16)19-14-28(15-5-8-22(32)24(34)11-15)37-27-4-2-1-3-17(19)27/h1-12,19,26,28-29,31-36H,13-14H2/t19-,26+,28+,29?/m1/s1. The molecule has 0 spiro atoms. The summed E-state index contributed by atoms with van der Waals surface area (Å²) in [6.45, 7) is 0. The maximum Gasteiger partial charge on any atom is 0.157 e. The van der Waals surface area contributed by atoms with Gasteiger partial charge in [-0.05, 0) is 53.9 Å². The zero-order chi connectivity index (χ0) is 26.6. The van der Waals surface area contributed by atoms with Gasteiger partial charge in [0.1, 0.15) is 29.5 Å². The molecule has 0 amide bonds. The second kappa shape index (κ2) is 9.08. The van der Waals surface area contributed by atoms with Crippen molar-refractivity contribution in [1.82, 2.24) is 0 Å². The quantitative estimate of drug-likeness (QED) is 0.212. The summed E-state index contributed by atoms with van der Waals surface area (Å²) in [4.78, 5) is 0. The van der Waals surface area contributed by atoms with Gasteiger partial charge in [-0.25, -0.2) is 0 Å². The van der Waals surface area contributed by atoms with Gasteiger partial charge in [0.05, 0.1) is 6.10 Å². The Hall–Kier alpha value is -4.56. The Morgan fingerprint density at radius 1 is 0.632 bits per heavy atom. The van der Waals surface area contributed by atoms with Gasteiger partial charge in [0, 0.05) is 29.0 Å². The van der Waals surface area contributed by atoms with Gasteiger partial charge in [0.15, 0.2) is 23.0 Å². The zero-order valence-electron chi connectivity index (χ0n) is 20.2. The summed E-state index contributed by atoms with van der Waals surface area (Å²) in [6, 6.07) is 19.9. The van der Waals surface area contributed by atoms with Crippen molar-refractivity contribution in [1.29, 1.82) is 0 Å². The number of hydrogen-bond donors (Lipinski definition) is 6. The van der Waals surface area contributed by atoms with Crippen molar-refractivity contribution in [2.24, 2.45) is 0 Å². The van der Waals surface area contributed by atoms with Crippen LogP contribution in [0.1, 0.15) is 52.4 Å². The van der Waals surface area contributed by atoms with Gasteiger partial charge in [-0.3, -0.25) is 0 Å². The van der Waals surface area contributed by atoms with E-state index in [-0.39, 0.29) is 41.1 Å². The van der Waals surface area contributed by atoms with Crippen LogP contribution in [0.4, 0.5) is 0 Å². The van der Waals surface area contributed by atoms with Gasteiger partial charge in [-0.1, -0.05) is 36.4 Å². The molecule has 2 heterocycles. The summed E-state index contributed by atoms with van der Waals surface area (Å²) in [5, 5.41) is 61.2. The molecule has 194 valence electrons. The molecule has 4 atom stereocenters. The van der Waals surface area contributed by atoms with E-state index < -0.39 is 18.3 Å². The molecular weight excluding hydrogens is 488 g/mol. The average Bonchev–Trinajstić information content (AvgIpc) is 2.91. The summed E-state index contributed by atoms with van der Waals surface area (Å²) in [5.41, 5.74) is 3.38. The first kappa shape index (κ1) is 23.8. The molecule has 8 nitrogen and oxygen atoms in total. The Morgan fingerprint density at radius 2 is 1.29 bits per heavy atom. The Kier molecular flexibility index (Phi) is 5.69. The Balaban J connectivity index is 1.44. The highest BCUT2D eigenvalue weighted by Gasteiger charge is 2.38. The number of benzene rings is 4. The number of phenolic OH excluding ortho intramolecular Hbond substituents is 5. The molecule has 0 aliphatic carbocycles. The molecule has 0 saturated carbocycles. The second-order valence-corrected chi connectivity index (χ2v) is 9.72. The van der Waals surface area contributed by atoms with E-state index in [1.165, 1.54) is 24.3 Å². The van der Waals surface area contributed by atoms with Gasteiger partial charge >= 0.3 is 0 Å². The molecule has 6 N–H and O–H groups in total. The number of aromatic hydroxyl groups is 5. The smallest absolute Gasteiger partial charge is 0.157 e. The topological polar surface area (TPSA) is 140 Å². The van der Waals surface area contributed by atoms with Gasteiger partial charge in [-0.2, -0.15) is 0 Å². The lowest BCUT2D eigenvalue weighted by Gasteiger charge is -2.37. The largest absolute Gasteiger partial charge is 0.508 e. The Labute approximate surface area is 218 Å². The SMILES string of the molecule is Oc1ccc(C2Oc3c([C@@H]4C[C@@H](c5ccc(O)c(O)c5)Oc5ccccc54)ccc(O)c3C[C@@H]2O)cc1O. The molecule has 4 aromatic rings. The predicted octanol–water partition coefficient (Wildman–Crippen LogP) is 4.91. The van der Waals surface area contributed by atoms with Gasteiger partial charge in [-0.15, -0.1) is 0 Å². The Morgan fingerprint density at radius 3 is 2.03 bits per heavy atom. The maximum atomic E-state index is 10.9. The van der Waals surface area contributed by atoms with E-state index in [0.29, 0.717) is 34.6 Å². The molecule has 4 aromatic carbocycles. The van der Waals surface area contributed by atoms with Crippen LogP contribution >= 0.6 is 0 Å². The molecule has 6 rings (SSSR count). The van der Waals surface area contributed by atoms with E-state index in [9.17, 15) is 30.6 Å². The van der Waals surface area contributed by atoms with Crippen LogP contribution < -0.4 is 9.47 Å². The normalized spacial score (nSPS) is 22.0. The highest BCUT2D eigenvalue weighted by atomic mass is 16.5. The third-order valence-electron chi connectivity index (χ3n) is 7.36. The lowest BCUT2D eigenvalue weighted by atomic mass is 9.80. The predicted molar refractivity (Wildman–Crippen MR) is 137 cm³/mol. The van der Waals surface area contributed by atoms with Crippen molar-refractivity contribution in [3.05, 3.63) is 101 Å². The molecule has 0 fully saturated rings. The highest BCUT2D eigenvalue weighted by molar-refractivity contribution is 5.57. The van der Waals surface area contributed by atoms with Crippen LogP contribution in [-0.2, 0) is 6.42 Å². The third-order valence-corrected chi connectivity index (χ3v) is 7.36. The van der Waals surface area contributed by atoms with Crippen LogP contribution in [-0.4, -0.2) is 36.7 Å². The number of phenols is 5. The first-order chi connectivity index (χ1) is 18.3. The molecule has 0 bridgehead atoms. The first-order valence-electron chi connectivity index (χ1n) is 12.3. The van der Waals surface area contributed by atoms with E-state index in [0.717, 1.165) is 11.1 Å². The molecule has 2 aliphatic rings. The minimum atomic E-state index is -0.998. The average molecular weight is 515 g/mol. The summed E-state index contributed by atoms with van der Waals surface area (Å²) in [6.07, 6.45) is -1.67. The van der Waals surface area contributed by atoms with Crippen LogP contribution in [0.2, 0.25) is 0 Å². The van der Waals surface area contributed by atoms with Crippen molar-refractivity contribution in [3.63, 3.8) is 0 Å². The summed E-state index contributed by atoms with van der Waals surface area (Å²) < 4.78 is 12.7. The van der Waals surface area contributed by atoms with Crippen LogP contribution in [0.3, 0.4) is 0 Å². The maximum absolute atomic E-state index is 10.9. The molecule has 8 heteroatoms. The lowest BCUT2D eigenvalue weighted by Crippen LogP contribution is -2.31. The molecule has 2 aliphatic heterocycles. The van der Waals surface area contributed by atoms with E-state index in [4.69, 9.17) is 9.47 Å². The zero-order valence-corrected chi connectivity index (χ0v) is 20.2. The van der Waals surface area contributed by atoms with Gasteiger partial charge in [0.25, 0.3) is 0 Å². The van der Waals surface area contributed by atoms with Crippen molar-refractivity contribution in [2.75, 3.05) is 0 Å². The number of aliphatic hydroxyl groups is 1. The number of fused-ring (bicyclic) bond motifs is 2. The Bertz CT molecular complexity index is 1530. The van der Waals surface area contributed by atoms with E-state index in [2.05, 4.69) is 0 Å². The van der Waals surface area contributed by atoms with E-state index in [1.54, 1.807) is 24.3 Å². The molecule has 0 radical (unpaired) electrons. The van der Waals surface area contributed by atoms with Crippen molar-refractivity contribution in [2.45, 2.75) is 37.1 Å². The minimum Gasteiger partial charge on any atom is -0.508 e. The minimum absolute atomic E-state index is 0.00940. The molecule has 1 unspecified atom stereocenters. The summed E-state index contributed by atoms with van der Waals surface area (Å²) >= 11 is 0. The summed E-state index contributed by atoms with van der Waals surface area (Å²) in [5.74, 6) is -0.148. The number of hydrogen-bond acceptors (Lipinski definition) is 8. The fourth-order valence-corrected chi connectivity index (χ4v) is 5.43. The van der Waals surface area contributed by atoms with Crippen LogP contribution in [0.5, 0.6) is 40.2 Å². The number of ether oxygens (including phenoxy) is 2. The monoisotopic (exact) mass is 514 g/mol. The highest BCUT2D eigenvalue weighted by Crippen LogP contribution is 2.52. The summed E-state index contributed by atoms with van der Waals surface area (Å²) in [7, 11) is 0. The van der Waals surface area contributed by atoms with Crippen molar-refractivity contribution >= 4 is 0 Å². The van der Waals surface area contributed by atoms with Crippen molar-refractivity contribution in [3.8, 4) is 40.2 Å².